The Morgan fingerprint density at radius 2 is 2.00 bits per heavy atom. The van der Waals surface area contributed by atoms with E-state index in [1.165, 1.54) is 16.4 Å². The fourth-order valence-electron chi connectivity index (χ4n) is 2.52. The van der Waals surface area contributed by atoms with Gasteiger partial charge in [0.15, 0.2) is 0 Å². The van der Waals surface area contributed by atoms with Gasteiger partial charge in [-0.25, -0.2) is 8.42 Å². The lowest BCUT2D eigenvalue weighted by Gasteiger charge is -2.27. The maximum atomic E-state index is 12.6. The van der Waals surface area contributed by atoms with Gasteiger partial charge in [0.25, 0.3) is 0 Å². The predicted octanol–water partition coefficient (Wildman–Crippen LogP) is 2.98. The zero-order valence-corrected chi connectivity index (χ0v) is 13.6. The lowest BCUT2D eigenvalue weighted by Crippen LogP contribution is -2.31. The largest absolute Gasteiger partial charge is 0.399 e. The molecule has 20 heavy (non-hydrogen) atoms. The van der Waals surface area contributed by atoms with Crippen molar-refractivity contribution in [2.45, 2.75) is 32.1 Å². The third kappa shape index (κ3) is 2.95. The van der Waals surface area contributed by atoms with Gasteiger partial charge in [-0.15, -0.1) is 0 Å². The third-order valence-electron chi connectivity index (χ3n) is 3.95. The molecule has 1 saturated heterocycles. The Morgan fingerprint density at radius 3 is 2.50 bits per heavy atom. The second-order valence-electron chi connectivity index (χ2n) is 6.40. The van der Waals surface area contributed by atoms with Crippen LogP contribution in [0.15, 0.2) is 23.1 Å². The Hall–Kier alpha value is -0.780. The van der Waals surface area contributed by atoms with Crippen molar-refractivity contribution in [2.24, 2.45) is 11.3 Å². The number of rotatable bonds is 2. The van der Waals surface area contributed by atoms with E-state index < -0.39 is 10.0 Å². The monoisotopic (exact) mass is 316 g/mol. The van der Waals surface area contributed by atoms with Crippen LogP contribution < -0.4 is 5.73 Å². The maximum Gasteiger partial charge on any atom is 0.244 e. The highest BCUT2D eigenvalue weighted by atomic mass is 35.5. The summed E-state index contributed by atoms with van der Waals surface area (Å²) in [4.78, 5) is 0.142. The number of nitrogens with zero attached hydrogens (tertiary/aromatic N) is 1. The Balaban J connectivity index is 2.28. The van der Waals surface area contributed by atoms with E-state index in [-0.39, 0.29) is 15.3 Å². The summed E-state index contributed by atoms with van der Waals surface area (Å²) in [6.45, 7) is 7.52. The zero-order chi connectivity index (χ0) is 15.1. The second-order valence-corrected chi connectivity index (χ2v) is 8.72. The molecule has 1 unspecified atom stereocenters. The van der Waals surface area contributed by atoms with E-state index in [2.05, 4.69) is 20.8 Å². The number of halogens is 1. The van der Waals surface area contributed by atoms with Crippen LogP contribution in [0.2, 0.25) is 5.02 Å². The van der Waals surface area contributed by atoms with E-state index in [1.54, 1.807) is 6.07 Å². The Labute approximate surface area is 126 Å². The molecule has 1 fully saturated rings. The third-order valence-corrected chi connectivity index (χ3v) is 6.30. The van der Waals surface area contributed by atoms with Gasteiger partial charge >= 0.3 is 0 Å². The van der Waals surface area contributed by atoms with Crippen LogP contribution in [0, 0.1) is 11.3 Å². The number of sulfonamides is 1. The molecule has 0 aliphatic carbocycles. The van der Waals surface area contributed by atoms with Crippen molar-refractivity contribution >= 4 is 27.3 Å². The number of anilines is 1. The molecule has 4 nitrogen and oxygen atoms in total. The first kappa shape index (κ1) is 15.6. The van der Waals surface area contributed by atoms with Gasteiger partial charge in [-0.1, -0.05) is 32.4 Å². The minimum atomic E-state index is -3.53. The minimum absolute atomic E-state index is 0.106. The summed E-state index contributed by atoms with van der Waals surface area (Å²) in [5.41, 5.74) is 6.18. The first-order chi connectivity index (χ1) is 9.12. The van der Waals surface area contributed by atoms with Gasteiger partial charge in [0.1, 0.15) is 4.90 Å². The standard InChI is InChI=1S/C14H21ClN2O2S/c1-14(2,3)10-6-7-17(9-10)20(18,19)13-5-4-11(16)8-12(13)15/h4-5,8,10H,6-7,9,16H2,1-3H3. The number of benzene rings is 1. The predicted molar refractivity (Wildman–Crippen MR) is 82.2 cm³/mol. The van der Waals surface area contributed by atoms with Crippen LogP contribution in [-0.2, 0) is 10.0 Å². The first-order valence-electron chi connectivity index (χ1n) is 6.67. The summed E-state index contributed by atoms with van der Waals surface area (Å²) in [5, 5.41) is 0.184. The molecule has 112 valence electrons. The van der Waals surface area contributed by atoms with Gasteiger partial charge < -0.3 is 5.73 Å². The highest BCUT2D eigenvalue weighted by Gasteiger charge is 2.38. The normalized spacial score (nSPS) is 21.3. The smallest absolute Gasteiger partial charge is 0.244 e. The Bertz CT molecular complexity index is 608. The molecule has 0 aromatic heterocycles. The molecule has 0 amide bonds. The van der Waals surface area contributed by atoms with Crippen LogP contribution in [0.4, 0.5) is 5.69 Å². The summed E-state index contributed by atoms with van der Waals surface area (Å²) in [6, 6.07) is 4.53. The molecule has 1 aliphatic heterocycles. The SMILES string of the molecule is CC(C)(C)C1CCN(S(=O)(=O)c2ccc(N)cc2Cl)C1. The van der Waals surface area contributed by atoms with Gasteiger partial charge in [-0.05, 0) is 36.0 Å². The van der Waals surface area contributed by atoms with Crippen molar-refractivity contribution in [3.05, 3.63) is 23.2 Å². The van der Waals surface area contributed by atoms with E-state index in [9.17, 15) is 8.42 Å². The van der Waals surface area contributed by atoms with Gasteiger partial charge in [0.2, 0.25) is 10.0 Å². The molecule has 0 spiro atoms. The van der Waals surface area contributed by atoms with Crippen molar-refractivity contribution in [3.63, 3.8) is 0 Å². The molecular formula is C14H21ClN2O2S. The number of nitrogens with two attached hydrogens (primary N) is 1. The zero-order valence-electron chi connectivity index (χ0n) is 12.1. The van der Waals surface area contributed by atoms with Crippen LogP contribution >= 0.6 is 11.6 Å². The van der Waals surface area contributed by atoms with Crippen LogP contribution in [-0.4, -0.2) is 25.8 Å². The fraction of sp³-hybridized carbons (Fsp3) is 0.571. The Morgan fingerprint density at radius 1 is 1.35 bits per heavy atom. The molecule has 1 heterocycles. The van der Waals surface area contributed by atoms with E-state index >= 15 is 0 Å². The lowest BCUT2D eigenvalue weighted by atomic mass is 9.80. The van der Waals surface area contributed by atoms with Gasteiger partial charge in [0, 0.05) is 18.8 Å². The highest BCUT2D eigenvalue weighted by Crippen LogP contribution is 2.37. The molecule has 1 atom stereocenters. The van der Waals surface area contributed by atoms with Gasteiger partial charge in [-0.2, -0.15) is 4.31 Å². The lowest BCUT2D eigenvalue weighted by molar-refractivity contribution is 0.252. The second kappa shape index (κ2) is 5.20. The molecule has 6 heteroatoms. The van der Waals surface area contributed by atoms with E-state index in [1.807, 2.05) is 0 Å². The summed E-state index contributed by atoms with van der Waals surface area (Å²) >= 11 is 6.03. The molecule has 0 bridgehead atoms. The molecular weight excluding hydrogens is 296 g/mol. The Kier molecular flexibility index (Phi) is 4.06. The van der Waals surface area contributed by atoms with E-state index in [0.717, 1.165) is 6.42 Å². The quantitative estimate of drug-likeness (QED) is 0.853. The van der Waals surface area contributed by atoms with E-state index in [0.29, 0.717) is 24.7 Å². The van der Waals surface area contributed by atoms with Crippen molar-refractivity contribution < 1.29 is 8.42 Å². The summed E-state index contributed by atoms with van der Waals surface area (Å²) in [6.07, 6.45) is 0.884. The average Bonchev–Trinajstić information content (AvgIpc) is 2.77. The summed E-state index contributed by atoms with van der Waals surface area (Å²) in [7, 11) is -3.53. The molecule has 1 aromatic carbocycles. The molecule has 0 radical (unpaired) electrons. The summed E-state index contributed by atoms with van der Waals surface area (Å²) < 4.78 is 26.8. The van der Waals surface area contributed by atoms with Crippen LogP contribution in [0.3, 0.4) is 0 Å². The van der Waals surface area contributed by atoms with Crippen molar-refractivity contribution in [1.29, 1.82) is 0 Å². The minimum Gasteiger partial charge on any atom is -0.399 e. The first-order valence-corrected chi connectivity index (χ1v) is 8.49. The van der Waals surface area contributed by atoms with E-state index in [4.69, 9.17) is 17.3 Å². The van der Waals surface area contributed by atoms with Gasteiger partial charge in [-0.3, -0.25) is 0 Å². The molecule has 2 rings (SSSR count). The molecule has 2 N–H and O–H groups in total. The van der Waals surface area contributed by atoms with Crippen molar-refractivity contribution in [3.8, 4) is 0 Å². The maximum absolute atomic E-state index is 12.6. The molecule has 1 aliphatic rings. The number of nitrogen functional groups attached to an aromatic ring is 1. The van der Waals surface area contributed by atoms with Crippen LogP contribution in [0.1, 0.15) is 27.2 Å². The van der Waals surface area contributed by atoms with Crippen molar-refractivity contribution in [1.82, 2.24) is 4.31 Å². The summed E-state index contributed by atoms with van der Waals surface area (Å²) in [5.74, 6) is 0.366. The average molecular weight is 317 g/mol. The molecule has 1 aromatic rings. The van der Waals surface area contributed by atoms with Crippen LogP contribution in [0.25, 0.3) is 0 Å². The van der Waals surface area contributed by atoms with Gasteiger partial charge in [0.05, 0.1) is 5.02 Å². The number of hydrogen-bond acceptors (Lipinski definition) is 3. The fourth-order valence-corrected chi connectivity index (χ4v) is 4.55. The highest BCUT2D eigenvalue weighted by molar-refractivity contribution is 7.89. The molecule has 0 saturated carbocycles. The van der Waals surface area contributed by atoms with Crippen molar-refractivity contribution in [2.75, 3.05) is 18.8 Å². The van der Waals surface area contributed by atoms with Crippen LogP contribution in [0.5, 0.6) is 0 Å². The topological polar surface area (TPSA) is 63.4 Å². The number of hydrogen-bond donors (Lipinski definition) is 1.